The lowest BCUT2D eigenvalue weighted by atomic mass is 9.71. The van der Waals surface area contributed by atoms with Crippen LogP contribution in [0, 0.1) is 0 Å². The number of para-hydroxylation sites is 2. The predicted octanol–water partition coefficient (Wildman–Crippen LogP) is 0.992. The summed E-state index contributed by atoms with van der Waals surface area (Å²) in [6, 6.07) is 13.6. The molecule has 0 saturated heterocycles. The molecule has 2 aromatic rings. The van der Waals surface area contributed by atoms with Crippen molar-refractivity contribution in [3.63, 3.8) is 0 Å². The Kier molecular flexibility index (Phi) is 9.64. The Hall–Kier alpha value is -2.46. The highest BCUT2D eigenvalue weighted by Gasteiger charge is 2.54. The number of aliphatic hydroxyl groups excluding tert-OH is 4. The van der Waals surface area contributed by atoms with E-state index in [0.717, 1.165) is 0 Å². The Balaban J connectivity index is 2.61. The number of hydrogen-bond acceptors (Lipinski definition) is 8. The molecule has 0 bridgehead atoms. The Bertz CT molecular complexity index is 948. The Morgan fingerprint density at radius 1 is 0.882 bits per heavy atom. The first kappa shape index (κ1) is 27.8. The number of hydrogen-bond donors (Lipinski definition) is 6. The van der Waals surface area contributed by atoms with Crippen LogP contribution in [0.25, 0.3) is 0 Å². The molecule has 0 amide bonds. The number of aliphatic hydroxyl groups is 6. The maximum Gasteiger partial charge on any atom is 0.126 e. The van der Waals surface area contributed by atoms with Gasteiger partial charge in [0, 0.05) is 12.8 Å². The van der Waals surface area contributed by atoms with Crippen LogP contribution < -0.4 is 9.47 Å². The van der Waals surface area contributed by atoms with E-state index in [-0.39, 0.29) is 19.3 Å². The Morgan fingerprint density at radius 3 is 1.79 bits per heavy atom. The monoisotopic (exact) mass is 476 g/mol. The van der Waals surface area contributed by atoms with Crippen molar-refractivity contribution in [2.75, 3.05) is 20.8 Å². The molecule has 2 aromatic carbocycles. The highest BCUT2D eigenvalue weighted by atomic mass is 16.5. The van der Waals surface area contributed by atoms with E-state index in [1.165, 1.54) is 14.2 Å². The van der Waals surface area contributed by atoms with Gasteiger partial charge in [-0.05, 0) is 36.6 Å². The molecule has 0 aliphatic heterocycles. The van der Waals surface area contributed by atoms with E-state index in [1.54, 1.807) is 55.5 Å². The largest absolute Gasteiger partial charge is 0.496 e. The fourth-order valence-electron chi connectivity index (χ4n) is 4.37. The van der Waals surface area contributed by atoms with Crippen LogP contribution in [0.4, 0.5) is 0 Å². The number of ether oxygens (including phenoxy) is 2. The van der Waals surface area contributed by atoms with E-state index in [9.17, 15) is 30.6 Å². The second-order valence-electron chi connectivity index (χ2n) is 8.80. The number of rotatable bonds is 13. The molecule has 0 aliphatic carbocycles. The third-order valence-corrected chi connectivity index (χ3v) is 6.01. The topological polar surface area (TPSA) is 140 Å². The van der Waals surface area contributed by atoms with E-state index in [2.05, 4.69) is 6.58 Å². The first-order valence-corrected chi connectivity index (χ1v) is 11.0. The summed E-state index contributed by atoms with van der Waals surface area (Å²) in [6.07, 6.45) is -6.44. The maximum absolute atomic E-state index is 11.8. The molecule has 0 aromatic heterocycles. The van der Waals surface area contributed by atoms with Gasteiger partial charge in [0.1, 0.15) is 41.0 Å². The van der Waals surface area contributed by atoms with Crippen molar-refractivity contribution in [1.82, 2.24) is 0 Å². The van der Waals surface area contributed by atoms with Crippen molar-refractivity contribution in [1.29, 1.82) is 0 Å². The van der Waals surface area contributed by atoms with Gasteiger partial charge in [-0.1, -0.05) is 42.0 Å². The number of methoxy groups -OCH3 is 2. The minimum atomic E-state index is -2.48. The molecule has 2 rings (SSSR count). The fraction of sp³-hybridized carbons (Fsp3) is 0.462. The summed E-state index contributed by atoms with van der Waals surface area (Å²) in [6.45, 7) is 4.64. The zero-order valence-corrected chi connectivity index (χ0v) is 19.9. The third kappa shape index (κ3) is 6.15. The van der Waals surface area contributed by atoms with Crippen molar-refractivity contribution in [2.45, 2.75) is 55.7 Å². The molecular formula is C26H36O8. The van der Waals surface area contributed by atoms with Crippen LogP contribution >= 0.6 is 0 Å². The normalized spacial score (nSPS) is 17.7. The van der Waals surface area contributed by atoms with Crippen LogP contribution in [0.15, 0.2) is 60.7 Å². The lowest BCUT2D eigenvalue weighted by Crippen LogP contribution is -2.66. The van der Waals surface area contributed by atoms with Crippen molar-refractivity contribution < 1.29 is 40.1 Å². The zero-order valence-electron chi connectivity index (χ0n) is 19.9. The van der Waals surface area contributed by atoms with Gasteiger partial charge in [0.2, 0.25) is 0 Å². The van der Waals surface area contributed by atoms with Gasteiger partial charge in [0.15, 0.2) is 0 Å². The molecule has 0 saturated carbocycles. The van der Waals surface area contributed by atoms with Crippen LogP contribution in [-0.2, 0) is 12.8 Å². The van der Waals surface area contributed by atoms with Crippen molar-refractivity contribution in [3.8, 4) is 11.5 Å². The first-order valence-electron chi connectivity index (χ1n) is 11.0. The minimum absolute atomic E-state index is 0.123. The second-order valence-corrected chi connectivity index (χ2v) is 8.80. The summed E-state index contributed by atoms with van der Waals surface area (Å²) >= 11 is 0. The zero-order chi connectivity index (χ0) is 25.5. The van der Waals surface area contributed by atoms with Gasteiger partial charge in [0.05, 0.1) is 20.8 Å². The Morgan fingerprint density at radius 2 is 1.35 bits per heavy atom. The van der Waals surface area contributed by atoms with E-state index in [1.807, 2.05) is 0 Å². The maximum atomic E-state index is 11.8. The van der Waals surface area contributed by atoms with Crippen LogP contribution in [-0.4, -0.2) is 81.0 Å². The van der Waals surface area contributed by atoms with Crippen LogP contribution in [0.2, 0.25) is 0 Å². The van der Waals surface area contributed by atoms with Crippen LogP contribution in [0.5, 0.6) is 11.5 Å². The van der Waals surface area contributed by atoms with Gasteiger partial charge >= 0.3 is 0 Å². The summed E-state index contributed by atoms with van der Waals surface area (Å²) in [7, 11) is 2.92. The Labute approximate surface area is 200 Å². The molecule has 5 atom stereocenters. The minimum Gasteiger partial charge on any atom is -0.496 e. The molecule has 0 spiro atoms. The smallest absolute Gasteiger partial charge is 0.126 e. The predicted molar refractivity (Wildman–Crippen MR) is 128 cm³/mol. The average molecular weight is 477 g/mol. The van der Waals surface area contributed by atoms with Crippen LogP contribution in [0.1, 0.15) is 24.5 Å². The molecule has 34 heavy (non-hydrogen) atoms. The molecule has 0 fully saturated rings. The molecule has 0 heterocycles. The van der Waals surface area contributed by atoms with E-state index >= 15 is 0 Å². The standard InChI is InChI=1S/C26H36O8/c1-17(2)13-25(31,14-18-9-5-7-11-21(18)33-3)24(30)26(32,23(29)20(28)16-27)15-19-10-6-8-12-22(19)34-4/h5-12,20,23-24,27-32H,1,13-16H2,2-4H3/t20-,23+,24+,25?,26+/m0/s1. The van der Waals surface area contributed by atoms with E-state index < -0.39 is 36.1 Å². The highest BCUT2D eigenvalue weighted by molar-refractivity contribution is 5.37. The van der Waals surface area contributed by atoms with E-state index in [0.29, 0.717) is 28.2 Å². The molecule has 188 valence electrons. The van der Waals surface area contributed by atoms with Crippen molar-refractivity contribution in [3.05, 3.63) is 71.8 Å². The first-order chi connectivity index (χ1) is 16.0. The molecule has 8 nitrogen and oxygen atoms in total. The molecule has 0 aliphatic rings. The van der Waals surface area contributed by atoms with Gasteiger partial charge in [0.25, 0.3) is 0 Å². The average Bonchev–Trinajstić information content (AvgIpc) is 2.82. The molecule has 0 radical (unpaired) electrons. The quantitative estimate of drug-likeness (QED) is 0.235. The summed E-state index contributed by atoms with van der Waals surface area (Å²) in [4.78, 5) is 0. The molecule has 1 unspecified atom stereocenters. The number of benzene rings is 2. The summed E-state index contributed by atoms with van der Waals surface area (Å²) in [5, 5.41) is 65.5. The van der Waals surface area contributed by atoms with Gasteiger partial charge in [-0.25, -0.2) is 0 Å². The second kappa shape index (κ2) is 11.8. The van der Waals surface area contributed by atoms with Gasteiger partial charge in [-0.15, -0.1) is 6.58 Å². The van der Waals surface area contributed by atoms with Crippen molar-refractivity contribution in [2.24, 2.45) is 0 Å². The summed E-state index contributed by atoms with van der Waals surface area (Å²) in [5.74, 6) is 0.853. The fourth-order valence-corrected chi connectivity index (χ4v) is 4.37. The van der Waals surface area contributed by atoms with Crippen LogP contribution in [0.3, 0.4) is 0 Å². The SMILES string of the molecule is C=C(C)CC(O)(Cc1ccccc1OC)[C@@H](O)[C@@](O)(Cc1ccccc1OC)[C@H](O)[C@@H](O)CO. The third-order valence-electron chi connectivity index (χ3n) is 6.01. The lowest BCUT2D eigenvalue weighted by molar-refractivity contribution is -0.228. The molecule has 6 N–H and O–H groups in total. The summed E-state index contributed by atoms with van der Waals surface area (Å²) < 4.78 is 10.7. The van der Waals surface area contributed by atoms with Gasteiger partial charge < -0.3 is 40.1 Å². The summed E-state index contributed by atoms with van der Waals surface area (Å²) in [5.41, 5.74) is -3.00. The lowest BCUT2D eigenvalue weighted by Gasteiger charge is -2.46. The molecular weight excluding hydrogens is 440 g/mol. The van der Waals surface area contributed by atoms with Crippen molar-refractivity contribution >= 4 is 0 Å². The van der Waals surface area contributed by atoms with E-state index in [4.69, 9.17) is 9.47 Å². The highest BCUT2D eigenvalue weighted by Crippen LogP contribution is 2.38. The van der Waals surface area contributed by atoms with Gasteiger partial charge in [-0.2, -0.15) is 0 Å². The van der Waals surface area contributed by atoms with Gasteiger partial charge in [-0.3, -0.25) is 0 Å². The molecule has 8 heteroatoms.